The first-order valence-corrected chi connectivity index (χ1v) is 8.47. The van der Waals surface area contributed by atoms with Crippen LogP contribution in [0.15, 0.2) is 41.3 Å². The lowest BCUT2D eigenvalue weighted by molar-refractivity contribution is 0.102. The topological polar surface area (TPSA) is 17.1 Å². The number of rotatable bonds is 4. The number of ketones is 1. The maximum atomic E-state index is 12.3. The molecule has 0 unspecified atom stereocenters. The predicted octanol–water partition coefficient (Wildman–Crippen LogP) is 4.77. The number of Topliss-reactive ketones (excluding diaryl/α,β-unsaturated/α-hetero) is 1. The zero-order chi connectivity index (χ0) is 14.8. The highest BCUT2D eigenvalue weighted by molar-refractivity contribution is 8.00. The Morgan fingerprint density at radius 2 is 1.81 bits per heavy atom. The molecule has 0 fully saturated rings. The van der Waals surface area contributed by atoms with E-state index in [4.69, 9.17) is 0 Å². The molecule has 0 atom stereocenters. The van der Waals surface area contributed by atoms with Crippen LogP contribution in [0.2, 0.25) is 0 Å². The van der Waals surface area contributed by atoms with Crippen LogP contribution in [0.1, 0.15) is 39.0 Å². The van der Waals surface area contributed by atoms with Crippen LogP contribution in [-0.2, 0) is 12.8 Å². The lowest BCUT2D eigenvalue weighted by atomic mass is 10.0. The molecule has 0 aromatic heterocycles. The van der Waals surface area contributed by atoms with Crippen molar-refractivity contribution in [3.05, 3.63) is 64.2 Å². The Balaban J connectivity index is 1.67. The van der Waals surface area contributed by atoms with Crippen molar-refractivity contribution in [3.8, 4) is 0 Å². The van der Waals surface area contributed by atoms with Crippen LogP contribution in [0.4, 0.5) is 0 Å². The molecule has 0 radical (unpaired) electrons. The van der Waals surface area contributed by atoms with Gasteiger partial charge >= 0.3 is 0 Å². The molecular formula is C19H20OS. The number of fused-ring (bicyclic) bond motifs is 1. The average Bonchev–Trinajstić information content (AvgIpc) is 2.95. The third-order valence-electron chi connectivity index (χ3n) is 4.27. The van der Waals surface area contributed by atoms with Gasteiger partial charge in [-0.2, -0.15) is 0 Å². The Kier molecular flexibility index (Phi) is 4.16. The van der Waals surface area contributed by atoms with E-state index in [1.54, 1.807) is 11.8 Å². The molecule has 0 amide bonds. The number of hydrogen-bond acceptors (Lipinski definition) is 2. The first-order valence-electron chi connectivity index (χ1n) is 7.48. The Morgan fingerprint density at radius 3 is 2.62 bits per heavy atom. The van der Waals surface area contributed by atoms with E-state index >= 15 is 0 Å². The predicted molar refractivity (Wildman–Crippen MR) is 89.4 cm³/mol. The van der Waals surface area contributed by atoms with Crippen LogP contribution in [0.25, 0.3) is 0 Å². The fourth-order valence-corrected chi connectivity index (χ4v) is 3.67. The highest BCUT2D eigenvalue weighted by Crippen LogP contribution is 2.25. The van der Waals surface area contributed by atoms with Crippen LogP contribution < -0.4 is 0 Å². The van der Waals surface area contributed by atoms with Gasteiger partial charge in [0.25, 0.3) is 0 Å². The zero-order valence-electron chi connectivity index (χ0n) is 12.6. The van der Waals surface area contributed by atoms with Crippen molar-refractivity contribution in [2.75, 3.05) is 5.75 Å². The Labute approximate surface area is 130 Å². The van der Waals surface area contributed by atoms with Gasteiger partial charge in [-0.1, -0.05) is 18.2 Å². The smallest absolute Gasteiger partial charge is 0.173 e. The first kappa shape index (κ1) is 14.4. The van der Waals surface area contributed by atoms with Gasteiger partial charge in [-0.05, 0) is 73.6 Å². The van der Waals surface area contributed by atoms with Crippen molar-refractivity contribution in [3.63, 3.8) is 0 Å². The first-order chi connectivity index (χ1) is 10.1. The minimum Gasteiger partial charge on any atom is -0.293 e. The highest BCUT2D eigenvalue weighted by atomic mass is 32.2. The summed E-state index contributed by atoms with van der Waals surface area (Å²) in [5, 5.41) is 0. The van der Waals surface area contributed by atoms with Crippen molar-refractivity contribution in [1.82, 2.24) is 0 Å². The number of benzene rings is 2. The van der Waals surface area contributed by atoms with E-state index in [0.717, 1.165) is 12.0 Å². The molecule has 0 bridgehead atoms. The monoisotopic (exact) mass is 296 g/mol. The zero-order valence-corrected chi connectivity index (χ0v) is 13.4. The summed E-state index contributed by atoms with van der Waals surface area (Å²) in [5.74, 6) is 0.745. The fraction of sp³-hybridized carbons (Fsp3) is 0.316. The Morgan fingerprint density at radius 1 is 1.00 bits per heavy atom. The summed E-state index contributed by atoms with van der Waals surface area (Å²) in [6.45, 7) is 4.22. The normalized spacial score (nSPS) is 13.2. The van der Waals surface area contributed by atoms with Gasteiger partial charge in [0, 0.05) is 10.5 Å². The standard InChI is InChI=1S/C19H20OS/c1-13-6-9-18(10-14(13)2)21-12-19(20)17-8-7-15-4-3-5-16(15)11-17/h6-11H,3-5,12H2,1-2H3. The molecule has 2 heteroatoms. The summed E-state index contributed by atoms with van der Waals surface area (Å²) in [6.07, 6.45) is 3.52. The molecule has 2 aromatic carbocycles. The van der Waals surface area contributed by atoms with Crippen LogP contribution in [0.3, 0.4) is 0 Å². The molecule has 1 aliphatic rings. The van der Waals surface area contributed by atoms with Crippen molar-refractivity contribution in [1.29, 1.82) is 0 Å². The summed E-state index contributed by atoms with van der Waals surface area (Å²) in [7, 11) is 0. The Bertz CT molecular complexity index is 688. The van der Waals surface area contributed by atoms with E-state index in [2.05, 4.69) is 44.2 Å². The molecule has 0 saturated heterocycles. The van der Waals surface area contributed by atoms with Gasteiger partial charge in [-0.15, -0.1) is 11.8 Å². The van der Waals surface area contributed by atoms with Crippen molar-refractivity contribution in [2.24, 2.45) is 0 Å². The number of carbonyl (C=O) groups excluding carboxylic acids is 1. The van der Waals surface area contributed by atoms with Crippen LogP contribution >= 0.6 is 11.8 Å². The molecule has 0 N–H and O–H groups in total. The molecule has 108 valence electrons. The van der Waals surface area contributed by atoms with Crippen molar-refractivity contribution in [2.45, 2.75) is 38.0 Å². The maximum Gasteiger partial charge on any atom is 0.173 e. The molecule has 2 aromatic rings. The minimum absolute atomic E-state index is 0.230. The lowest BCUT2D eigenvalue weighted by Gasteiger charge is -2.06. The summed E-state index contributed by atoms with van der Waals surface area (Å²) < 4.78 is 0. The third-order valence-corrected chi connectivity index (χ3v) is 5.26. The lowest BCUT2D eigenvalue weighted by Crippen LogP contribution is -2.03. The van der Waals surface area contributed by atoms with Gasteiger partial charge in [0.15, 0.2) is 5.78 Å². The van der Waals surface area contributed by atoms with E-state index < -0.39 is 0 Å². The molecule has 1 nitrogen and oxygen atoms in total. The summed E-state index contributed by atoms with van der Waals surface area (Å²) in [5.41, 5.74) is 6.24. The van der Waals surface area contributed by atoms with Crippen LogP contribution in [-0.4, -0.2) is 11.5 Å². The van der Waals surface area contributed by atoms with Gasteiger partial charge in [-0.25, -0.2) is 0 Å². The highest BCUT2D eigenvalue weighted by Gasteiger charge is 2.14. The molecule has 0 heterocycles. The SMILES string of the molecule is Cc1ccc(SCC(=O)c2ccc3c(c2)CCC3)cc1C. The van der Waals surface area contributed by atoms with E-state index in [0.29, 0.717) is 5.75 Å². The summed E-state index contributed by atoms with van der Waals surface area (Å²) in [6, 6.07) is 12.6. The largest absolute Gasteiger partial charge is 0.293 e. The van der Waals surface area contributed by atoms with Crippen LogP contribution in [0, 0.1) is 13.8 Å². The molecule has 0 saturated carbocycles. The van der Waals surface area contributed by atoms with Gasteiger partial charge < -0.3 is 0 Å². The average molecular weight is 296 g/mol. The van der Waals surface area contributed by atoms with E-state index in [9.17, 15) is 4.79 Å². The second kappa shape index (κ2) is 6.07. The fourth-order valence-electron chi connectivity index (χ4n) is 2.78. The number of aryl methyl sites for hydroxylation is 4. The molecule has 1 aliphatic carbocycles. The van der Waals surface area contributed by atoms with Crippen molar-refractivity contribution < 1.29 is 4.79 Å². The molecule has 21 heavy (non-hydrogen) atoms. The minimum atomic E-state index is 0.230. The van der Waals surface area contributed by atoms with Crippen molar-refractivity contribution >= 4 is 17.5 Å². The van der Waals surface area contributed by atoms with Gasteiger partial charge in [-0.3, -0.25) is 4.79 Å². The van der Waals surface area contributed by atoms with Gasteiger partial charge in [0.2, 0.25) is 0 Å². The molecular weight excluding hydrogens is 276 g/mol. The van der Waals surface area contributed by atoms with E-state index in [-0.39, 0.29) is 5.78 Å². The number of hydrogen-bond donors (Lipinski definition) is 0. The molecule has 0 aliphatic heterocycles. The maximum absolute atomic E-state index is 12.3. The quantitative estimate of drug-likeness (QED) is 0.597. The van der Waals surface area contributed by atoms with Gasteiger partial charge in [0.05, 0.1) is 5.75 Å². The number of thioether (sulfide) groups is 1. The van der Waals surface area contributed by atoms with E-state index in [1.807, 2.05) is 6.07 Å². The summed E-state index contributed by atoms with van der Waals surface area (Å²) >= 11 is 1.63. The second-order valence-corrected chi connectivity index (χ2v) is 6.84. The van der Waals surface area contributed by atoms with E-state index in [1.165, 1.54) is 40.0 Å². The Hall–Kier alpha value is -1.54. The number of carbonyl (C=O) groups is 1. The summed E-state index contributed by atoms with van der Waals surface area (Å²) in [4.78, 5) is 13.5. The van der Waals surface area contributed by atoms with Crippen LogP contribution in [0.5, 0.6) is 0 Å². The second-order valence-electron chi connectivity index (χ2n) is 5.79. The third kappa shape index (κ3) is 3.21. The van der Waals surface area contributed by atoms with Gasteiger partial charge in [0.1, 0.15) is 0 Å². The molecule has 0 spiro atoms. The molecule has 3 rings (SSSR count).